The number of benzene rings is 1. The van der Waals surface area contributed by atoms with Gasteiger partial charge in [-0.05, 0) is 69.1 Å². The van der Waals surface area contributed by atoms with E-state index in [4.69, 9.17) is 17.0 Å². The molecule has 0 aliphatic carbocycles. The number of thiocarbonyl (C=S) groups is 1. The summed E-state index contributed by atoms with van der Waals surface area (Å²) in [4.78, 5) is 8.57. The Balaban J connectivity index is 2.13. The van der Waals surface area contributed by atoms with Gasteiger partial charge in [-0.25, -0.2) is 0 Å². The monoisotopic (exact) mass is 358 g/mol. The van der Waals surface area contributed by atoms with E-state index in [-0.39, 0.29) is 6.04 Å². The van der Waals surface area contributed by atoms with E-state index >= 15 is 0 Å². The highest BCUT2D eigenvalue weighted by molar-refractivity contribution is 7.80. The van der Waals surface area contributed by atoms with Crippen molar-refractivity contribution in [1.29, 1.82) is 0 Å². The number of rotatable bonds is 7. The summed E-state index contributed by atoms with van der Waals surface area (Å²) in [7, 11) is 5.78. The first-order valence-electron chi connectivity index (χ1n) is 8.27. The van der Waals surface area contributed by atoms with Crippen molar-refractivity contribution >= 4 is 23.0 Å². The smallest absolute Gasteiger partial charge is 0.173 e. The fourth-order valence-corrected chi connectivity index (χ4v) is 2.82. The summed E-state index contributed by atoms with van der Waals surface area (Å²) in [6.45, 7) is 3.88. The van der Waals surface area contributed by atoms with E-state index in [2.05, 4.69) is 47.2 Å². The van der Waals surface area contributed by atoms with Gasteiger partial charge in [-0.3, -0.25) is 4.98 Å². The van der Waals surface area contributed by atoms with Crippen LogP contribution in [0.4, 0.5) is 5.69 Å². The molecular formula is C19H26N4OS. The fourth-order valence-electron chi connectivity index (χ4n) is 2.45. The molecule has 1 unspecified atom stereocenters. The van der Waals surface area contributed by atoms with Crippen molar-refractivity contribution in [1.82, 2.24) is 14.8 Å². The van der Waals surface area contributed by atoms with Crippen LogP contribution < -0.4 is 10.1 Å². The lowest BCUT2D eigenvalue weighted by Gasteiger charge is -2.33. The summed E-state index contributed by atoms with van der Waals surface area (Å²) in [6.07, 6.45) is 3.68. The molecular weight excluding hydrogens is 332 g/mol. The van der Waals surface area contributed by atoms with Crippen LogP contribution in [-0.4, -0.2) is 54.2 Å². The summed E-state index contributed by atoms with van der Waals surface area (Å²) < 4.78 is 5.20. The maximum absolute atomic E-state index is 5.69. The Labute approximate surface area is 155 Å². The Bertz CT molecular complexity index is 661. The molecule has 1 N–H and O–H groups in total. The molecule has 25 heavy (non-hydrogen) atoms. The molecule has 0 aliphatic rings. The summed E-state index contributed by atoms with van der Waals surface area (Å²) in [5, 5.41) is 4.03. The number of nitrogens with one attached hydrogen (secondary N) is 1. The van der Waals surface area contributed by atoms with Gasteiger partial charge in [-0.2, -0.15) is 0 Å². The van der Waals surface area contributed by atoms with Crippen LogP contribution in [0.5, 0.6) is 5.75 Å². The predicted octanol–water partition coefficient (Wildman–Crippen LogP) is 3.41. The molecule has 5 nitrogen and oxygen atoms in total. The quantitative estimate of drug-likeness (QED) is 0.765. The van der Waals surface area contributed by atoms with Gasteiger partial charge in [0.05, 0.1) is 13.2 Å². The molecule has 134 valence electrons. The van der Waals surface area contributed by atoms with Crippen LogP contribution in [0.1, 0.15) is 18.5 Å². The molecule has 0 spiro atoms. The van der Waals surface area contributed by atoms with Gasteiger partial charge in [-0.1, -0.05) is 6.07 Å². The lowest BCUT2D eigenvalue weighted by Crippen LogP contribution is -2.40. The van der Waals surface area contributed by atoms with Crippen molar-refractivity contribution < 1.29 is 4.74 Å². The molecule has 0 saturated heterocycles. The van der Waals surface area contributed by atoms with Crippen LogP contribution in [0.3, 0.4) is 0 Å². The Morgan fingerprint density at radius 3 is 2.48 bits per heavy atom. The average molecular weight is 359 g/mol. The molecule has 0 bridgehead atoms. The van der Waals surface area contributed by atoms with Gasteiger partial charge in [0.2, 0.25) is 0 Å². The highest BCUT2D eigenvalue weighted by Crippen LogP contribution is 2.21. The SMILES string of the molecule is COc1ccc(NC(=S)N(CCN(C)C)C(C)c2cccnc2)cc1. The Morgan fingerprint density at radius 1 is 1.20 bits per heavy atom. The molecule has 0 radical (unpaired) electrons. The zero-order valence-corrected chi connectivity index (χ0v) is 16.1. The predicted molar refractivity (Wildman–Crippen MR) is 107 cm³/mol. The number of aromatic nitrogens is 1. The first kappa shape index (κ1) is 19.1. The third-order valence-electron chi connectivity index (χ3n) is 4.02. The largest absolute Gasteiger partial charge is 0.497 e. The number of nitrogens with zero attached hydrogens (tertiary/aromatic N) is 3. The maximum atomic E-state index is 5.69. The summed E-state index contributed by atoms with van der Waals surface area (Å²) in [5.41, 5.74) is 2.08. The minimum Gasteiger partial charge on any atom is -0.497 e. The molecule has 0 aliphatic heterocycles. The fraction of sp³-hybridized carbons (Fsp3) is 0.368. The molecule has 1 aromatic carbocycles. The minimum absolute atomic E-state index is 0.131. The third-order valence-corrected chi connectivity index (χ3v) is 4.36. The van der Waals surface area contributed by atoms with Crippen LogP contribution in [-0.2, 0) is 0 Å². The van der Waals surface area contributed by atoms with Gasteiger partial charge >= 0.3 is 0 Å². The molecule has 0 saturated carbocycles. The van der Waals surface area contributed by atoms with E-state index in [9.17, 15) is 0 Å². The van der Waals surface area contributed by atoms with E-state index in [1.807, 2.05) is 36.5 Å². The van der Waals surface area contributed by atoms with Crippen LogP contribution in [0.15, 0.2) is 48.8 Å². The van der Waals surface area contributed by atoms with Crippen molar-refractivity contribution in [2.24, 2.45) is 0 Å². The minimum atomic E-state index is 0.131. The molecule has 1 heterocycles. The Kier molecular flexibility index (Phi) is 7.16. The number of ether oxygens (including phenoxy) is 1. The molecule has 2 aromatic rings. The van der Waals surface area contributed by atoms with Gasteiger partial charge in [-0.15, -0.1) is 0 Å². The Morgan fingerprint density at radius 2 is 1.92 bits per heavy atom. The van der Waals surface area contributed by atoms with E-state index in [0.29, 0.717) is 5.11 Å². The number of likely N-dealkylation sites (N-methyl/N-ethyl adjacent to an activating group) is 1. The number of pyridine rings is 1. The van der Waals surface area contributed by atoms with Crippen LogP contribution >= 0.6 is 12.2 Å². The topological polar surface area (TPSA) is 40.6 Å². The zero-order chi connectivity index (χ0) is 18.2. The number of anilines is 1. The summed E-state index contributed by atoms with van der Waals surface area (Å²) in [5.74, 6) is 0.824. The normalized spacial score (nSPS) is 11.9. The molecule has 6 heteroatoms. The second-order valence-electron chi connectivity index (χ2n) is 6.12. The molecule has 1 atom stereocenters. The first-order chi connectivity index (χ1) is 12.0. The number of hydrogen-bond acceptors (Lipinski definition) is 4. The lowest BCUT2D eigenvalue weighted by atomic mass is 10.1. The number of hydrogen-bond donors (Lipinski definition) is 1. The van der Waals surface area contributed by atoms with E-state index < -0.39 is 0 Å². The molecule has 0 amide bonds. The lowest BCUT2D eigenvalue weighted by molar-refractivity contribution is 0.289. The average Bonchev–Trinajstić information content (AvgIpc) is 2.63. The van der Waals surface area contributed by atoms with E-state index in [1.165, 1.54) is 0 Å². The Hall–Kier alpha value is -2.18. The van der Waals surface area contributed by atoms with E-state index in [0.717, 1.165) is 30.1 Å². The zero-order valence-electron chi connectivity index (χ0n) is 15.3. The van der Waals surface area contributed by atoms with Crippen molar-refractivity contribution in [2.45, 2.75) is 13.0 Å². The van der Waals surface area contributed by atoms with Gasteiger partial charge in [0.15, 0.2) is 5.11 Å². The first-order valence-corrected chi connectivity index (χ1v) is 8.68. The van der Waals surface area contributed by atoms with Gasteiger partial charge in [0, 0.05) is 31.2 Å². The molecule has 0 fully saturated rings. The summed E-state index contributed by atoms with van der Waals surface area (Å²) in [6, 6.07) is 11.9. The summed E-state index contributed by atoms with van der Waals surface area (Å²) >= 11 is 5.69. The van der Waals surface area contributed by atoms with E-state index in [1.54, 1.807) is 13.3 Å². The van der Waals surface area contributed by atoms with Crippen molar-refractivity contribution in [3.05, 3.63) is 54.4 Å². The van der Waals surface area contributed by atoms with Crippen LogP contribution in [0, 0.1) is 0 Å². The van der Waals surface area contributed by atoms with Crippen molar-refractivity contribution in [3.8, 4) is 5.75 Å². The second kappa shape index (κ2) is 9.34. The van der Waals surface area contributed by atoms with Gasteiger partial charge < -0.3 is 19.9 Å². The van der Waals surface area contributed by atoms with Gasteiger partial charge in [0.25, 0.3) is 0 Å². The van der Waals surface area contributed by atoms with Crippen molar-refractivity contribution in [2.75, 3.05) is 39.6 Å². The maximum Gasteiger partial charge on any atom is 0.173 e. The third kappa shape index (κ3) is 5.69. The standard InChI is InChI=1S/C19H26N4OS/c1-15(16-6-5-11-20-14-16)23(13-12-22(2)3)19(25)21-17-7-9-18(24-4)10-8-17/h5-11,14-15H,12-13H2,1-4H3,(H,21,25). The molecule has 1 aromatic heterocycles. The highest BCUT2D eigenvalue weighted by Gasteiger charge is 2.19. The second-order valence-corrected chi connectivity index (χ2v) is 6.50. The van der Waals surface area contributed by atoms with Crippen molar-refractivity contribution in [3.63, 3.8) is 0 Å². The molecule has 2 rings (SSSR count). The van der Waals surface area contributed by atoms with Crippen LogP contribution in [0.25, 0.3) is 0 Å². The number of methoxy groups -OCH3 is 1. The highest BCUT2D eigenvalue weighted by atomic mass is 32.1. The van der Waals surface area contributed by atoms with Crippen LogP contribution in [0.2, 0.25) is 0 Å². The van der Waals surface area contributed by atoms with Gasteiger partial charge in [0.1, 0.15) is 5.75 Å².